The summed E-state index contributed by atoms with van der Waals surface area (Å²) in [5, 5.41) is 13.4. The lowest BCUT2D eigenvalue weighted by molar-refractivity contribution is -0.136. The second-order valence-corrected chi connectivity index (χ2v) is 5.28. The number of tetrazole rings is 1. The summed E-state index contributed by atoms with van der Waals surface area (Å²) in [5.74, 6) is -0.190. The van der Waals surface area contributed by atoms with Crippen molar-refractivity contribution in [3.8, 4) is 11.3 Å². The molecule has 3 rings (SSSR count). The number of aromatic nitrogens is 6. The van der Waals surface area contributed by atoms with Crippen LogP contribution < -0.4 is 10.7 Å². The average Bonchev–Trinajstić information content (AvgIpc) is 3.08. The Labute approximate surface area is 151 Å². The number of nitrogens with zero attached hydrogens (tertiary/aromatic N) is 6. The summed E-state index contributed by atoms with van der Waals surface area (Å²) < 4.78 is 45.9. The van der Waals surface area contributed by atoms with Crippen LogP contribution in [0.2, 0.25) is 0 Å². The Morgan fingerprint density at radius 3 is 2.52 bits per heavy atom. The molecule has 27 heavy (non-hydrogen) atoms. The molecule has 0 amide bonds. The number of anilines is 2. The quantitative estimate of drug-likeness (QED) is 0.671. The number of rotatable bonds is 6. The van der Waals surface area contributed by atoms with Crippen molar-refractivity contribution < 1.29 is 17.9 Å². The van der Waals surface area contributed by atoms with Crippen molar-refractivity contribution in [1.82, 2.24) is 30.3 Å². The first kappa shape index (κ1) is 18.5. The Bertz CT molecular complexity index is 913. The molecule has 0 radical (unpaired) electrons. The van der Waals surface area contributed by atoms with Gasteiger partial charge in [0.05, 0.1) is 5.69 Å². The molecule has 0 spiro atoms. The number of alkyl halides is 3. The largest absolute Gasteiger partial charge is 0.422 e. The fraction of sp³-hybridized carbons (Fsp3) is 0.267. The normalized spacial score (nSPS) is 11.4. The molecule has 142 valence electrons. The summed E-state index contributed by atoms with van der Waals surface area (Å²) in [6.07, 6.45) is -4.65. The molecule has 0 aliphatic rings. The third-order valence-electron chi connectivity index (χ3n) is 3.49. The predicted molar refractivity (Wildman–Crippen MR) is 89.6 cm³/mol. The van der Waals surface area contributed by atoms with Gasteiger partial charge in [-0.05, 0) is 10.4 Å². The molecular formula is C15H15F3N8O. The highest BCUT2D eigenvalue weighted by molar-refractivity contribution is 5.71. The first-order valence-corrected chi connectivity index (χ1v) is 7.69. The molecule has 0 aliphatic carbocycles. The van der Waals surface area contributed by atoms with E-state index in [9.17, 15) is 13.2 Å². The van der Waals surface area contributed by atoms with Crippen molar-refractivity contribution in [1.29, 1.82) is 0 Å². The number of hydrogen-bond acceptors (Lipinski definition) is 8. The highest BCUT2D eigenvalue weighted by Crippen LogP contribution is 2.40. The number of benzene rings is 1. The lowest BCUT2D eigenvalue weighted by Gasteiger charge is -2.17. The summed E-state index contributed by atoms with van der Waals surface area (Å²) in [4.78, 5) is 9.09. The molecule has 0 aliphatic heterocycles. The maximum absolute atomic E-state index is 13.7. The average molecular weight is 380 g/mol. The maximum atomic E-state index is 13.7. The van der Waals surface area contributed by atoms with E-state index in [0.29, 0.717) is 11.4 Å². The van der Waals surface area contributed by atoms with Crippen LogP contribution in [-0.4, -0.2) is 44.4 Å². The van der Waals surface area contributed by atoms with Crippen LogP contribution in [0, 0.1) is 0 Å². The van der Waals surface area contributed by atoms with Gasteiger partial charge in [0, 0.05) is 19.7 Å². The van der Waals surface area contributed by atoms with Crippen molar-refractivity contribution in [3.63, 3.8) is 0 Å². The van der Waals surface area contributed by atoms with E-state index >= 15 is 0 Å². The van der Waals surface area contributed by atoms with Crippen LogP contribution in [0.25, 0.3) is 11.3 Å². The van der Waals surface area contributed by atoms with Crippen molar-refractivity contribution in [2.24, 2.45) is 0 Å². The van der Waals surface area contributed by atoms with Crippen LogP contribution in [-0.2, 0) is 17.5 Å². The SMILES string of the molecule is CNc1nc(Nn2nnnc2COC)nc(-c2ccccc2)c1C(F)(F)F. The van der Waals surface area contributed by atoms with E-state index in [0.717, 1.165) is 4.79 Å². The zero-order valence-corrected chi connectivity index (χ0v) is 14.3. The molecule has 0 atom stereocenters. The van der Waals surface area contributed by atoms with Gasteiger partial charge in [-0.25, -0.2) is 10.4 Å². The number of methoxy groups -OCH3 is 1. The molecule has 0 bridgehead atoms. The van der Waals surface area contributed by atoms with E-state index in [2.05, 4.69) is 36.2 Å². The predicted octanol–water partition coefficient (Wildman–Crippen LogP) is 2.21. The molecule has 0 saturated carbocycles. The molecule has 0 fully saturated rings. The number of hydrogen-bond donors (Lipinski definition) is 2. The molecule has 2 heterocycles. The zero-order chi connectivity index (χ0) is 19.4. The van der Waals surface area contributed by atoms with E-state index in [1.807, 2.05) is 0 Å². The van der Waals surface area contributed by atoms with Crippen molar-refractivity contribution in [2.75, 3.05) is 24.9 Å². The van der Waals surface area contributed by atoms with Crippen LogP contribution in [0.5, 0.6) is 0 Å². The van der Waals surface area contributed by atoms with Crippen LogP contribution in [0.3, 0.4) is 0 Å². The first-order valence-electron chi connectivity index (χ1n) is 7.69. The molecular weight excluding hydrogens is 365 g/mol. The van der Waals surface area contributed by atoms with Gasteiger partial charge in [0.2, 0.25) is 5.95 Å². The smallest absolute Gasteiger partial charge is 0.377 e. The summed E-state index contributed by atoms with van der Waals surface area (Å²) in [7, 11) is 2.81. The highest BCUT2D eigenvalue weighted by Gasteiger charge is 2.39. The van der Waals surface area contributed by atoms with Crippen LogP contribution in [0.15, 0.2) is 30.3 Å². The molecule has 2 N–H and O–H groups in total. The van der Waals surface area contributed by atoms with Gasteiger partial charge in [-0.2, -0.15) is 18.2 Å². The van der Waals surface area contributed by atoms with E-state index in [1.165, 1.54) is 26.3 Å². The lowest BCUT2D eigenvalue weighted by Crippen LogP contribution is -2.20. The maximum Gasteiger partial charge on any atom is 0.422 e. The monoisotopic (exact) mass is 380 g/mol. The highest BCUT2D eigenvalue weighted by atomic mass is 19.4. The van der Waals surface area contributed by atoms with Crippen LogP contribution >= 0.6 is 0 Å². The standard InChI is InChI=1S/C15H15F3N8O/c1-19-13-11(15(16,17)18)12(9-6-4-3-5-7-9)20-14(21-13)23-26-10(8-27-2)22-24-25-26/h3-7H,8H2,1-2H3,(H2,19,20,21,23). The minimum absolute atomic E-state index is 0.0884. The Hall–Kier alpha value is -3.28. The summed E-state index contributed by atoms with van der Waals surface area (Å²) in [5.41, 5.74) is 1.73. The molecule has 0 saturated heterocycles. The fourth-order valence-corrected chi connectivity index (χ4v) is 2.37. The Kier molecular flexibility index (Phi) is 5.16. The molecule has 3 aromatic rings. The molecule has 9 nitrogen and oxygen atoms in total. The van der Waals surface area contributed by atoms with Gasteiger partial charge in [0.1, 0.15) is 18.0 Å². The van der Waals surface area contributed by atoms with Crippen molar-refractivity contribution >= 4 is 11.8 Å². The van der Waals surface area contributed by atoms with Gasteiger partial charge in [-0.1, -0.05) is 30.3 Å². The molecule has 2 aromatic heterocycles. The van der Waals surface area contributed by atoms with E-state index in [1.54, 1.807) is 18.2 Å². The minimum atomic E-state index is -4.65. The second-order valence-electron chi connectivity index (χ2n) is 5.28. The molecule has 12 heteroatoms. The van der Waals surface area contributed by atoms with Gasteiger partial charge in [0.25, 0.3) is 0 Å². The van der Waals surface area contributed by atoms with Gasteiger partial charge >= 0.3 is 6.18 Å². The molecule has 1 aromatic carbocycles. The summed E-state index contributed by atoms with van der Waals surface area (Å²) in [6.45, 7) is 0.0884. The van der Waals surface area contributed by atoms with Crippen LogP contribution in [0.1, 0.15) is 11.4 Å². The van der Waals surface area contributed by atoms with Gasteiger partial charge in [-0.15, -0.1) is 9.89 Å². The van der Waals surface area contributed by atoms with Crippen molar-refractivity contribution in [3.05, 3.63) is 41.7 Å². The Morgan fingerprint density at radius 2 is 1.89 bits per heavy atom. The third-order valence-corrected chi connectivity index (χ3v) is 3.49. The summed E-state index contributed by atoms with van der Waals surface area (Å²) in [6, 6.07) is 8.03. The Morgan fingerprint density at radius 1 is 1.15 bits per heavy atom. The topological polar surface area (TPSA) is 103 Å². The Balaban J connectivity index is 2.13. The van der Waals surface area contributed by atoms with E-state index in [-0.39, 0.29) is 24.1 Å². The van der Waals surface area contributed by atoms with Crippen molar-refractivity contribution in [2.45, 2.75) is 12.8 Å². The third kappa shape index (κ3) is 3.95. The van der Waals surface area contributed by atoms with Gasteiger partial charge in [-0.3, -0.25) is 0 Å². The zero-order valence-electron chi connectivity index (χ0n) is 14.3. The van der Waals surface area contributed by atoms with E-state index in [4.69, 9.17) is 4.74 Å². The minimum Gasteiger partial charge on any atom is -0.377 e. The van der Waals surface area contributed by atoms with Gasteiger partial charge < -0.3 is 10.1 Å². The molecule has 0 unspecified atom stereocenters. The van der Waals surface area contributed by atoms with Gasteiger partial charge in [0.15, 0.2) is 5.82 Å². The first-order chi connectivity index (χ1) is 12.9. The number of nitrogens with one attached hydrogen (secondary N) is 2. The second kappa shape index (κ2) is 7.53. The van der Waals surface area contributed by atoms with Crippen LogP contribution in [0.4, 0.5) is 24.9 Å². The number of ether oxygens (including phenoxy) is 1. The van der Waals surface area contributed by atoms with E-state index < -0.39 is 11.7 Å². The fourth-order valence-electron chi connectivity index (χ4n) is 2.37. The lowest BCUT2D eigenvalue weighted by atomic mass is 10.1. The summed E-state index contributed by atoms with van der Waals surface area (Å²) >= 11 is 0. The number of halogens is 3.